The van der Waals surface area contributed by atoms with Gasteiger partial charge in [0.15, 0.2) is 6.29 Å². The molecule has 0 aromatic carbocycles. The average molecular weight is 623 g/mol. The van der Waals surface area contributed by atoms with Crippen LogP contribution in [0.15, 0.2) is 0 Å². The monoisotopic (exact) mass is 622 g/mol. The molecule has 2 saturated heterocycles. The second-order valence-corrected chi connectivity index (χ2v) is 18.2. The number of hydrogen-bond donors (Lipinski definition) is 5. The fourth-order valence-electron chi connectivity index (χ4n) is 12.9. The summed E-state index contributed by atoms with van der Waals surface area (Å²) in [4.78, 5) is 0. The van der Waals surface area contributed by atoms with Gasteiger partial charge in [-0.3, -0.25) is 0 Å². The van der Waals surface area contributed by atoms with Gasteiger partial charge in [-0.25, -0.2) is 0 Å². The van der Waals surface area contributed by atoms with E-state index in [0.717, 1.165) is 57.8 Å². The summed E-state index contributed by atoms with van der Waals surface area (Å²) >= 11 is 0. The zero-order valence-corrected chi connectivity index (χ0v) is 28.6. The summed E-state index contributed by atoms with van der Waals surface area (Å²) in [6, 6.07) is 0. The van der Waals surface area contributed by atoms with Crippen LogP contribution < -0.4 is 0 Å². The lowest BCUT2D eigenvalue weighted by molar-refractivity contribution is -0.332. The summed E-state index contributed by atoms with van der Waals surface area (Å²) < 4.78 is 19.1. The highest BCUT2D eigenvalue weighted by Gasteiger charge is 2.72. The Bertz CT molecular complexity index is 1080. The maximum absolute atomic E-state index is 12.2. The predicted octanol–water partition coefficient (Wildman–Crippen LogP) is 4.57. The second kappa shape index (κ2) is 10.8. The zero-order valence-electron chi connectivity index (χ0n) is 28.6. The molecule has 254 valence electrons. The van der Waals surface area contributed by atoms with Gasteiger partial charge in [-0.05, 0) is 130 Å². The third-order valence-electron chi connectivity index (χ3n) is 15.2. The number of hydrogen-bond acceptors (Lipinski definition) is 8. The normalized spacial score (nSPS) is 56.8. The standard InChI is InChI=1S/C36H62O8/c1-31(2)13-9-14-36(8,44-31)20-10-16-35(7)26(20)21(38)18-24-33(5)15-12-25(32(3,4)23(33)11-17-34(24,35)6)43-30-29(41)28(40)27(39)22(19-37)42-30/h20-30,37-41H,9-19H2,1-8H3. The topological polar surface area (TPSA) is 129 Å². The zero-order chi connectivity index (χ0) is 32.3. The third kappa shape index (κ3) is 4.74. The van der Waals surface area contributed by atoms with Crippen molar-refractivity contribution in [2.45, 2.75) is 174 Å². The Hall–Kier alpha value is -0.320. The highest BCUT2D eigenvalue weighted by atomic mass is 16.7. The number of ether oxygens (including phenoxy) is 3. The molecular formula is C36H62O8. The van der Waals surface area contributed by atoms with Gasteiger partial charge in [0.25, 0.3) is 0 Å². The summed E-state index contributed by atoms with van der Waals surface area (Å²) in [7, 11) is 0. The molecule has 0 radical (unpaired) electrons. The van der Waals surface area contributed by atoms with E-state index in [1.165, 1.54) is 6.42 Å². The van der Waals surface area contributed by atoms with Gasteiger partial charge in [0.05, 0.1) is 30.0 Å². The molecule has 0 amide bonds. The minimum atomic E-state index is -1.45. The summed E-state index contributed by atoms with van der Waals surface area (Å²) in [5.74, 6) is 1.33. The molecule has 6 fully saturated rings. The van der Waals surface area contributed by atoms with E-state index in [4.69, 9.17) is 14.2 Å². The van der Waals surface area contributed by atoms with Gasteiger partial charge in [-0.2, -0.15) is 0 Å². The number of rotatable bonds is 4. The van der Waals surface area contributed by atoms with Crippen molar-refractivity contribution in [3.8, 4) is 0 Å². The molecule has 44 heavy (non-hydrogen) atoms. The van der Waals surface area contributed by atoms with Crippen LogP contribution in [0.5, 0.6) is 0 Å². The first-order chi connectivity index (χ1) is 20.3. The molecule has 4 saturated carbocycles. The summed E-state index contributed by atoms with van der Waals surface area (Å²) in [5.41, 5.74) is -0.397. The fourth-order valence-corrected chi connectivity index (χ4v) is 12.9. The summed E-state index contributed by atoms with van der Waals surface area (Å²) in [6.07, 6.45) is 3.45. The second-order valence-electron chi connectivity index (χ2n) is 18.2. The Morgan fingerprint density at radius 1 is 0.727 bits per heavy atom. The molecule has 0 spiro atoms. The van der Waals surface area contributed by atoms with Crippen LogP contribution in [0.2, 0.25) is 0 Å². The van der Waals surface area contributed by atoms with E-state index in [0.29, 0.717) is 17.8 Å². The minimum absolute atomic E-state index is 0.0199. The maximum atomic E-state index is 12.2. The molecule has 6 aliphatic rings. The molecule has 15 unspecified atom stereocenters. The first kappa shape index (κ1) is 33.6. The molecule has 2 heterocycles. The Balaban J connectivity index is 1.25. The van der Waals surface area contributed by atoms with Crippen molar-refractivity contribution in [1.82, 2.24) is 0 Å². The molecule has 4 aliphatic carbocycles. The average Bonchev–Trinajstić information content (AvgIpc) is 3.32. The molecule has 6 rings (SSSR count). The lowest BCUT2D eigenvalue weighted by atomic mass is 9.35. The molecule has 0 bridgehead atoms. The lowest BCUT2D eigenvalue weighted by Gasteiger charge is -2.71. The van der Waals surface area contributed by atoms with Crippen LogP contribution in [-0.2, 0) is 14.2 Å². The van der Waals surface area contributed by atoms with Gasteiger partial charge in [0.2, 0.25) is 0 Å². The van der Waals surface area contributed by atoms with E-state index in [2.05, 4.69) is 55.4 Å². The highest BCUT2D eigenvalue weighted by Crippen LogP contribution is 2.76. The SMILES string of the molecule is CC1(C)CCCC(C)(C2CCC3(C)C2C(O)CC2C4(C)CCC(OC5OC(CO)C(O)C(O)C5O)C(C)(C)C4CCC23C)O1. The van der Waals surface area contributed by atoms with E-state index < -0.39 is 37.3 Å². The van der Waals surface area contributed by atoms with E-state index in [9.17, 15) is 25.5 Å². The number of aliphatic hydroxyl groups excluding tert-OH is 5. The van der Waals surface area contributed by atoms with Crippen molar-refractivity contribution in [2.24, 2.45) is 45.3 Å². The van der Waals surface area contributed by atoms with Crippen LogP contribution in [0, 0.1) is 45.3 Å². The largest absolute Gasteiger partial charge is 0.394 e. The van der Waals surface area contributed by atoms with Gasteiger partial charge >= 0.3 is 0 Å². The molecule has 2 aliphatic heterocycles. The van der Waals surface area contributed by atoms with E-state index in [1.807, 2.05) is 0 Å². The summed E-state index contributed by atoms with van der Waals surface area (Å²) in [5, 5.41) is 53.2. The van der Waals surface area contributed by atoms with Crippen LogP contribution in [0.4, 0.5) is 0 Å². The van der Waals surface area contributed by atoms with Crippen molar-refractivity contribution in [2.75, 3.05) is 6.61 Å². The molecule has 15 atom stereocenters. The molecule has 5 N–H and O–H groups in total. The fraction of sp³-hybridized carbons (Fsp3) is 1.00. The van der Waals surface area contributed by atoms with Crippen LogP contribution in [0.25, 0.3) is 0 Å². The Morgan fingerprint density at radius 3 is 2.07 bits per heavy atom. The van der Waals surface area contributed by atoms with E-state index >= 15 is 0 Å². The Kier molecular flexibility index (Phi) is 8.28. The van der Waals surface area contributed by atoms with Gasteiger partial charge < -0.3 is 39.7 Å². The first-order valence-electron chi connectivity index (χ1n) is 17.7. The molecular weight excluding hydrogens is 560 g/mol. The van der Waals surface area contributed by atoms with Crippen LogP contribution >= 0.6 is 0 Å². The molecule has 8 nitrogen and oxygen atoms in total. The van der Waals surface area contributed by atoms with E-state index in [-0.39, 0.29) is 51.0 Å². The quantitative estimate of drug-likeness (QED) is 0.289. The minimum Gasteiger partial charge on any atom is -0.394 e. The van der Waals surface area contributed by atoms with E-state index in [1.54, 1.807) is 0 Å². The molecule has 0 aromatic heterocycles. The first-order valence-corrected chi connectivity index (χ1v) is 17.7. The van der Waals surface area contributed by atoms with Crippen molar-refractivity contribution >= 4 is 0 Å². The van der Waals surface area contributed by atoms with Crippen molar-refractivity contribution in [1.29, 1.82) is 0 Å². The predicted molar refractivity (Wildman–Crippen MR) is 166 cm³/mol. The highest BCUT2D eigenvalue weighted by molar-refractivity contribution is 5.20. The summed E-state index contributed by atoms with van der Waals surface area (Å²) in [6.45, 7) is 18.4. The van der Waals surface area contributed by atoms with Gasteiger partial charge in [-0.15, -0.1) is 0 Å². The van der Waals surface area contributed by atoms with Crippen LogP contribution in [-0.4, -0.2) is 86.3 Å². The Labute approximate surface area is 265 Å². The van der Waals surface area contributed by atoms with Crippen LogP contribution in [0.1, 0.15) is 120 Å². The van der Waals surface area contributed by atoms with Gasteiger partial charge in [-0.1, -0.05) is 34.6 Å². The van der Waals surface area contributed by atoms with Crippen molar-refractivity contribution < 1.29 is 39.7 Å². The lowest BCUT2D eigenvalue weighted by Crippen LogP contribution is -2.67. The Morgan fingerprint density at radius 2 is 1.41 bits per heavy atom. The molecule has 0 aromatic rings. The van der Waals surface area contributed by atoms with Crippen LogP contribution in [0.3, 0.4) is 0 Å². The number of aliphatic hydroxyl groups is 5. The maximum Gasteiger partial charge on any atom is 0.186 e. The third-order valence-corrected chi connectivity index (χ3v) is 15.2. The van der Waals surface area contributed by atoms with Crippen molar-refractivity contribution in [3.05, 3.63) is 0 Å². The smallest absolute Gasteiger partial charge is 0.186 e. The van der Waals surface area contributed by atoms with Gasteiger partial charge in [0, 0.05) is 0 Å². The molecule has 8 heteroatoms. The number of fused-ring (bicyclic) bond motifs is 5. The van der Waals surface area contributed by atoms with Crippen molar-refractivity contribution in [3.63, 3.8) is 0 Å². The van der Waals surface area contributed by atoms with Gasteiger partial charge in [0.1, 0.15) is 24.4 Å².